The molecule has 84 valence electrons. The van der Waals surface area contributed by atoms with Crippen LogP contribution in [0.5, 0.6) is 0 Å². The SMILES string of the molecule is OC(c1ccc(Cl)cc1)C(Cl)n1ccnc1. The zero-order valence-corrected chi connectivity index (χ0v) is 9.81. The van der Waals surface area contributed by atoms with Gasteiger partial charge >= 0.3 is 0 Å². The number of aliphatic hydroxyl groups excluding tert-OH is 1. The van der Waals surface area contributed by atoms with E-state index in [-0.39, 0.29) is 0 Å². The molecule has 0 spiro atoms. The third kappa shape index (κ3) is 2.38. The topological polar surface area (TPSA) is 38.0 Å². The van der Waals surface area contributed by atoms with E-state index in [9.17, 15) is 5.11 Å². The fraction of sp³-hybridized carbons (Fsp3) is 0.182. The molecular weight excluding hydrogens is 247 g/mol. The van der Waals surface area contributed by atoms with E-state index >= 15 is 0 Å². The van der Waals surface area contributed by atoms with Gasteiger partial charge in [-0.25, -0.2) is 4.98 Å². The molecule has 0 saturated heterocycles. The van der Waals surface area contributed by atoms with Gasteiger partial charge in [0, 0.05) is 17.4 Å². The summed E-state index contributed by atoms with van der Waals surface area (Å²) in [7, 11) is 0. The third-order valence-corrected chi connectivity index (χ3v) is 3.00. The second kappa shape index (κ2) is 4.87. The highest BCUT2D eigenvalue weighted by atomic mass is 35.5. The Balaban J connectivity index is 2.19. The maximum absolute atomic E-state index is 10.0. The second-order valence-electron chi connectivity index (χ2n) is 3.38. The quantitative estimate of drug-likeness (QED) is 0.858. The van der Waals surface area contributed by atoms with E-state index in [0.29, 0.717) is 5.02 Å². The molecule has 16 heavy (non-hydrogen) atoms. The van der Waals surface area contributed by atoms with E-state index in [2.05, 4.69) is 4.98 Å². The zero-order chi connectivity index (χ0) is 11.5. The van der Waals surface area contributed by atoms with E-state index in [1.54, 1.807) is 47.6 Å². The average molecular weight is 257 g/mol. The van der Waals surface area contributed by atoms with Crippen molar-refractivity contribution < 1.29 is 5.11 Å². The van der Waals surface area contributed by atoms with Crippen molar-refractivity contribution in [2.45, 2.75) is 11.6 Å². The molecular formula is C11H10Cl2N2O. The minimum absolute atomic E-state index is 0.580. The van der Waals surface area contributed by atoms with Gasteiger partial charge in [-0.15, -0.1) is 0 Å². The van der Waals surface area contributed by atoms with E-state index in [1.165, 1.54) is 0 Å². The van der Waals surface area contributed by atoms with Gasteiger partial charge in [0.15, 0.2) is 0 Å². The molecule has 0 radical (unpaired) electrons. The van der Waals surface area contributed by atoms with Gasteiger partial charge in [-0.05, 0) is 17.7 Å². The van der Waals surface area contributed by atoms with Crippen LogP contribution in [-0.2, 0) is 0 Å². The Kier molecular flexibility index (Phi) is 3.49. The Morgan fingerprint density at radius 3 is 2.50 bits per heavy atom. The zero-order valence-electron chi connectivity index (χ0n) is 8.29. The van der Waals surface area contributed by atoms with Crippen LogP contribution in [0.15, 0.2) is 43.0 Å². The smallest absolute Gasteiger partial charge is 0.139 e. The van der Waals surface area contributed by atoms with Crippen LogP contribution in [0.25, 0.3) is 0 Å². The predicted octanol–water partition coefficient (Wildman–Crippen LogP) is 3.01. The van der Waals surface area contributed by atoms with E-state index < -0.39 is 11.6 Å². The molecule has 0 saturated carbocycles. The number of nitrogens with zero attached hydrogens (tertiary/aromatic N) is 2. The first-order chi connectivity index (χ1) is 7.68. The Hall–Kier alpha value is -1.03. The summed E-state index contributed by atoms with van der Waals surface area (Å²) in [6.07, 6.45) is 4.09. The van der Waals surface area contributed by atoms with Gasteiger partial charge < -0.3 is 9.67 Å². The van der Waals surface area contributed by atoms with Gasteiger partial charge in [-0.3, -0.25) is 0 Å². The molecule has 2 rings (SSSR count). The molecule has 1 aromatic heterocycles. The highest BCUT2D eigenvalue weighted by Gasteiger charge is 2.19. The summed E-state index contributed by atoms with van der Waals surface area (Å²) >= 11 is 11.9. The van der Waals surface area contributed by atoms with Gasteiger partial charge in [-0.2, -0.15) is 0 Å². The van der Waals surface area contributed by atoms with E-state index in [0.717, 1.165) is 5.56 Å². The number of alkyl halides is 1. The lowest BCUT2D eigenvalue weighted by atomic mass is 10.1. The van der Waals surface area contributed by atoms with Crippen LogP contribution < -0.4 is 0 Å². The summed E-state index contributed by atoms with van der Waals surface area (Å²) in [5.74, 6) is 0. The average Bonchev–Trinajstić information content (AvgIpc) is 2.81. The van der Waals surface area contributed by atoms with Crippen LogP contribution >= 0.6 is 23.2 Å². The van der Waals surface area contributed by atoms with Crippen molar-refractivity contribution >= 4 is 23.2 Å². The fourth-order valence-corrected chi connectivity index (χ4v) is 1.78. The Morgan fingerprint density at radius 1 is 1.25 bits per heavy atom. The molecule has 0 amide bonds. The third-order valence-electron chi connectivity index (χ3n) is 2.28. The lowest BCUT2D eigenvalue weighted by Gasteiger charge is -2.18. The van der Waals surface area contributed by atoms with Crippen LogP contribution in [0.3, 0.4) is 0 Å². The van der Waals surface area contributed by atoms with Gasteiger partial charge in [0.1, 0.15) is 11.6 Å². The van der Waals surface area contributed by atoms with E-state index in [4.69, 9.17) is 23.2 Å². The van der Waals surface area contributed by atoms with Crippen molar-refractivity contribution in [3.63, 3.8) is 0 Å². The molecule has 0 aliphatic carbocycles. The standard InChI is InChI=1S/C11H10Cl2N2O/c12-9-3-1-8(2-4-9)10(16)11(13)15-6-5-14-7-15/h1-7,10-11,16H. The minimum Gasteiger partial charge on any atom is -0.385 e. The Morgan fingerprint density at radius 2 is 1.94 bits per heavy atom. The largest absolute Gasteiger partial charge is 0.385 e. The number of hydrogen-bond acceptors (Lipinski definition) is 2. The summed E-state index contributed by atoms with van der Waals surface area (Å²) in [5.41, 5.74) is 0.141. The number of benzene rings is 1. The summed E-state index contributed by atoms with van der Waals surface area (Å²) in [6.45, 7) is 0. The maximum Gasteiger partial charge on any atom is 0.139 e. The van der Waals surface area contributed by atoms with Crippen molar-refractivity contribution in [3.8, 4) is 0 Å². The molecule has 3 nitrogen and oxygen atoms in total. The van der Waals surface area contributed by atoms with Gasteiger partial charge in [0.2, 0.25) is 0 Å². The Bertz CT molecular complexity index is 442. The molecule has 1 heterocycles. The number of rotatable bonds is 3. The predicted molar refractivity (Wildman–Crippen MR) is 63.5 cm³/mol. The molecule has 0 aliphatic heterocycles. The highest BCUT2D eigenvalue weighted by molar-refractivity contribution is 6.30. The molecule has 1 aromatic carbocycles. The van der Waals surface area contributed by atoms with Crippen molar-refractivity contribution in [2.75, 3.05) is 0 Å². The van der Waals surface area contributed by atoms with Crippen LogP contribution in [0.1, 0.15) is 17.2 Å². The first-order valence-electron chi connectivity index (χ1n) is 4.73. The number of aromatic nitrogens is 2. The lowest BCUT2D eigenvalue weighted by Crippen LogP contribution is -2.11. The molecule has 5 heteroatoms. The van der Waals surface area contributed by atoms with Gasteiger partial charge in [0.05, 0.1) is 6.33 Å². The normalized spacial score (nSPS) is 14.7. The first-order valence-corrected chi connectivity index (χ1v) is 5.55. The van der Waals surface area contributed by atoms with E-state index in [1.807, 2.05) is 0 Å². The minimum atomic E-state index is -0.798. The number of aliphatic hydroxyl groups is 1. The van der Waals surface area contributed by atoms with Crippen molar-refractivity contribution in [1.29, 1.82) is 0 Å². The summed E-state index contributed by atoms with van der Waals surface area (Å²) in [4.78, 5) is 3.88. The van der Waals surface area contributed by atoms with Crippen molar-refractivity contribution in [2.24, 2.45) is 0 Å². The molecule has 0 bridgehead atoms. The van der Waals surface area contributed by atoms with Crippen LogP contribution in [0.2, 0.25) is 5.02 Å². The summed E-state index contributed by atoms with van der Waals surface area (Å²) < 4.78 is 1.64. The molecule has 0 aliphatic rings. The Labute approximate surface area is 103 Å². The highest BCUT2D eigenvalue weighted by Crippen LogP contribution is 2.29. The fourth-order valence-electron chi connectivity index (χ4n) is 1.40. The molecule has 2 atom stereocenters. The van der Waals surface area contributed by atoms with Crippen LogP contribution in [0.4, 0.5) is 0 Å². The summed E-state index contributed by atoms with van der Waals surface area (Å²) in [6, 6.07) is 6.94. The number of halogens is 2. The maximum atomic E-state index is 10.0. The molecule has 1 N–H and O–H groups in total. The monoisotopic (exact) mass is 256 g/mol. The van der Waals surface area contributed by atoms with Crippen molar-refractivity contribution in [3.05, 3.63) is 53.6 Å². The van der Waals surface area contributed by atoms with Crippen molar-refractivity contribution in [1.82, 2.24) is 9.55 Å². The first kappa shape index (κ1) is 11.5. The molecule has 0 fully saturated rings. The second-order valence-corrected chi connectivity index (χ2v) is 4.26. The van der Waals surface area contributed by atoms with Crippen LogP contribution in [-0.4, -0.2) is 14.7 Å². The van der Waals surface area contributed by atoms with Gasteiger partial charge in [0.25, 0.3) is 0 Å². The van der Waals surface area contributed by atoms with Gasteiger partial charge in [-0.1, -0.05) is 35.3 Å². The summed E-state index contributed by atoms with van der Waals surface area (Å²) in [5, 5.41) is 10.7. The number of hydrogen-bond donors (Lipinski definition) is 1. The molecule has 2 unspecified atom stereocenters. The van der Waals surface area contributed by atoms with Crippen LogP contribution in [0, 0.1) is 0 Å². The number of imidazole rings is 1. The molecule has 2 aromatic rings. The lowest BCUT2D eigenvalue weighted by molar-refractivity contribution is 0.149.